The highest BCUT2D eigenvalue weighted by Gasteiger charge is 2.11. The van der Waals surface area contributed by atoms with Gasteiger partial charge in [-0.25, -0.2) is 0 Å². The summed E-state index contributed by atoms with van der Waals surface area (Å²) in [6.07, 6.45) is 1.82. The molecular formula is C12H24ClIN2OSi. The molecule has 18 heavy (non-hydrogen) atoms. The van der Waals surface area contributed by atoms with E-state index < -0.39 is 8.07 Å². The van der Waals surface area contributed by atoms with Gasteiger partial charge in [0.1, 0.15) is 11.9 Å². The van der Waals surface area contributed by atoms with Crippen molar-refractivity contribution in [2.45, 2.75) is 43.6 Å². The molecule has 0 aliphatic carbocycles. The predicted molar refractivity (Wildman–Crippen MR) is 92.6 cm³/mol. The Morgan fingerprint density at radius 1 is 1.50 bits per heavy atom. The van der Waals surface area contributed by atoms with Gasteiger partial charge in [-0.05, 0) is 26.0 Å². The molecular weight excluding hydrogens is 379 g/mol. The monoisotopic (exact) mass is 402 g/mol. The number of aliphatic imine (C=N–C) groups is 1. The SMILES string of the molecule is C/C(=C\C(Cl)=N/C(C)I)NCOCC[Si](C)(C)C. The van der Waals surface area contributed by atoms with Crippen molar-refractivity contribution in [3.05, 3.63) is 11.8 Å². The number of nitrogens with one attached hydrogen (secondary N) is 1. The molecule has 3 nitrogen and oxygen atoms in total. The van der Waals surface area contributed by atoms with Crippen LogP contribution < -0.4 is 5.32 Å². The molecule has 0 bridgehead atoms. The Balaban J connectivity index is 3.84. The van der Waals surface area contributed by atoms with Crippen molar-refractivity contribution >= 4 is 47.4 Å². The van der Waals surface area contributed by atoms with Crippen molar-refractivity contribution < 1.29 is 4.74 Å². The molecule has 0 aliphatic heterocycles. The summed E-state index contributed by atoms with van der Waals surface area (Å²) in [5.74, 6) is 0. The van der Waals surface area contributed by atoms with Crippen LogP contribution in [0.5, 0.6) is 0 Å². The first-order valence-corrected chi connectivity index (χ1v) is 11.4. The molecule has 0 aromatic rings. The third-order valence-corrected chi connectivity index (χ3v) is 4.28. The first kappa shape index (κ1) is 18.4. The number of nitrogens with zero attached hydrogens (tertiary/aromatic N) is 1. The summed E-state index contributed by atoms with van der Waals surface area (Å²) in [5.41, 5.74) is 0.966. The van der Waals surface area contributed by atoms with Crippen LogP contribution >= 0.6 is 34.2 Å². The summed E-state index contributed by atoms with van der Waals surface area (Å²) in [6.45, 7) is 12.3. The third-order valence-electron chi connectivity index (χ3n) is 2.09. The van der Waals surface area contributed by atoms with Crippen molar-refractivity contribution in [2.24, 2.45) is 4.99 Å². The van der Waals surface area contributed by atoms with Gasteiger partial charge in [-0.1, -0.05) is 53.8 Å². The highest BCUT2D eigenvalue weighted by Crippen LogP contribution is 2.07. The molecule has 1 N–H and O–H groups in total. The Morgan fingerprint density at radius 3 is 2.61 bits per heavy atom. The van der Waals surface area contributed by atoms with Crippen molar-refractivity contribution in [3.63, 3.8) is 0 Å². The van der Waals surface area contributed by atoms with Crippen molar-refractivity contribution in [3.8, 4) is 0 Å². The molecule has 0 radical (unpaired) electrons. The zero-order chi connectivity index (χ0) is 14.2. The molecule has 0 aliphatic rings. The maximum Gasteiger partial charge on any atom is 0.126 e. The zero-order valence-electron chi connectivity index (χ0n) is 11.9. The second-order valence-electron chi connectivity index (χ2n) is 5.39. The highest BCUT2D eigenvalue weighted by molar-refractivity contribution is 14.1. The summed E-state index contributed by atoms with van der Waals surface area (Å²) in [7, 11) is -0.987. The van der Waals surface area contributed by atoms with Gasteiger partial charge >= 0.3 is 0 Å². The van der Waals surface area contributed by atoms with E-state index in [1.54, 1.807) is 0 Å². The molecule has 0 rings (SSSR count). The number of ether oxygens (including phenoxy) is 1. The fourth-order valence-corrected chi connectivity index (χ4v) is 2.58. The lowest BCUT2D eigenvalue weighted by atomic mass is 10.4. The maximum absolute atomic E-state index is 5.96. The molecule has 0 aromatic carbocycles. The van der Waals surface area contributed by atoms with Gasteiger partial charge < -0.3 is 10.1 Å². The third kappa shape index (κ3) is 12.9. The van der Waals surface area contributed by atoms with Crippen molar-refractivity contribution in [1.29, 1.82) is 0 Å². The van der Waals surface area contributed by atoms with E-state index in [-0.39, 0.29) is 4.05 Å². The Labute approximate surface area is 131 Å². The number of hydrogen-bond donors (Lipinski definition) is 1. The van der Waals surface area contributed by atoms with Crippen molar-refractivity contribution in [2.75, 3.05) is 13.3 Å². The molecule has 0 amide bonds. The first-order chi connectivity index (χ1) is 8.20. The van der Waals surface area contributed by atoms with Crippen molar-refractivity contribution in [1.82, 2.24) is 5.32 Å². The van der Waals surface area contributed by atoms with Crippen LogP contribution in [-0.2, 0) is 4.74 Å². The van der Waals surface area contributed by atoms with E-state index in [0.717, 1.165) is 12.3 Å². The summed E-state index contributed by atoms with van der Waals surface area (Å²) in [4.78, 5) is 4.21. The minimum absolute atomic E-state index is 0.187. The van der Waals surface area contributed by atoms with E-state index in [2.05, 4.69) is 52.5 Å². The Morgan fingerprint density at radius 2 is 2.11 bits per heavy atom. The van der Waals surface area contributed by atoms with Gasteiger partial charge in [0.05, 0.1) is 4.05 Å². The average molecular weight is 403 g/mol. The molecule has 0 aromatic heterocycles. The second kappa shape index (κ2) is 9.33. The summed E-state index contributed by atoms with van der Waals surface area (Å²) < 4.78 is 5.73. The Bertz CT molecular complexity index is 301. The summed E-state index contributed by atoms with van der Waals surface area (Å²) in [5, 5.41) is 3.68. The standard InChI is InChI=1S/C12H24ClIN2OSi/c1-10(8-12(13)16-11(2)14)15-9-17-6-7-18(3,4)5/h8,11,15H,6-7,9H2,1-5H3/b10-8+,16-12+. The van der Waals surface area contributed by atoms with Gasteiger partial charge in [0.25, 0.3) is 0 Å². The molecule has 6 heteroatoms. The molecule has 1 atom stereocenters. The lowest BCUT2D eigenvalue weighted by Gasteiger charge is -2.15. The molecule has 0 saturated heterocycles. The van der Waals surface area contributed by atoms with Gasteiger partial charge in [0.15, 0.2) is 0 Å². The van der Waals surface area contributed by atoms with Gasteiger partial charge in [-0.2, -0.15) is 0 Å². The number of rotatable bonds is 8. The fourth-order valence-electron chi connectivity index (χ4n) is 1.05. The van der Waals surface area contributed by atoms with Crippen LogP contribution in [0.3, 0.4) is 0 Å². The summed E-state index contributed by atoms with van der Waals surface area (Å²) in [6, 6.07) is 1.19. The topological polar surface area (TPSA) is 33.6 Å². The van der Waals surface area contributed by atoms with Crippen LogP contribution in [0.2, 0.25) is 25.7 Å². The summed E-state index contributed by atoms with van der Waals surface area (Å²) >= 11 is 8.17. The van der Waals surface area contributed by atoms with Gasteiger partial charge in [-0.15, -0.1) is 0 Å². The van der Waals surface area contributed by atoms with Gasteiger partial charge in [0.2, 0.25) is 0 Å². The molecule has 0 saturated carbocycles. The number of halogens is 2. The van der Waals surface area contributed by atoms with E-state index in [4.69, 9.17) is 16.3 Å². The average Bonchev–Trinajstić information content (AvgIpc) is 2.13. The Kier molecular flexibility index (Phi) is 9.54. The van der Waals surface area contributed by atoms with Crippen LogP contribution in [-0.4, -0.2) is 30.6 Å². The molecule has 0 fully saturated rings. The highest BCUT2D eigenvalue weighted by atomic mass is 127. The quantitative estimate of drug-likeness (QED) is 0.125. The number of allylic oxidation sites excluding steroid dienone is 2. The van der Waals surface area contributed by atoms with Gasteiger partial charge in [0, 0.05) is 20.4 Å². The zero-order valence-corrected chi connectivity index (χ0v) is 15.8. The molecule has 0 heterocycles. The molecule has 1 unspecified atom stereocenters. The molecule has 0 spiro atoms. The second-order valence-corrected chi connectivity index (χ2v) is 13.2. The van der Waals surface area contributed by atoms with E-state index in [1.807, 2.05) is 19.9 Å². The van der Waals surface area contributed by atoms with E-state index in [0.29, 0.717) is 11.9 Å². The maximum atomic E-state index is 5.96. The molecule has 106 valence electrons. The van der Waals surface area contributed by atoms with Crippen LogP contribution in [0.15, 0.2) is 16.8 Å². The predicted octanol–water partition coefficient (Wildman–Crippen LogP) is 4.21. The van der Waals surface area contributed by atoms with Crippen LogP contribution in [0.1, 0.15) is 13.8 Å². The van der Waals surface area contributed by atoms with Crippen LogP contribution in [0, 0.1) is 0 Å². The number of alkyl halides is 1. The number of hydrogen-bond acceptors (Lipinski definition) is 3. The minimum Gasteiger partial charge on any atom is -0.366 e. The van der Waals surface area contributed by atoms with Crippen LogP contribution in [0.4, 0.5) is 0 Å². The normalized spacial score (nSPS) is 15.7. The van der Waals surface area contributed by atoms with E-state index in [1.165, 1.54) is 6.04 Å². The Hall–Kier alpha value is 0.407. The lowest BCUT2D eigenvalue weighted by Crippen LogP contribution is -2.24. The van der Waals surface area contributed by atoms with E-state index >= 15 is 0 Å². The largest absolute Gasteiger partial charge is 0.366 e. The first-order valence-electron chi connectivity index (χ1n) is 6.08. The minimum atomic E-state index is -0.987. The van der Waals surface area contributed by atoms with Gasteiger partial charge in [-0.3, -0.25) is 4.99 Å². The fraction of sp³-hybridized carbons (Fsp3) is 0.750. The van der Waals surface area contributed by atoms with Crippen LogP contribution in [0.25, 0.3) is 0 Å². The van der Waals surface area contributed by atoms with E-state index in [9.17, 15) is 0 Å². The lowest BCUT2D eigenvalue weighted by molar-refractivity contribution is 0.135. The smallest absolute Gasteiger partial charge is 0.126 e.